The maximum atomic E-state index is 11.8. The van der Waals surface area contributed by atoms with E-state index in [4.69, 9.17) is 16.2 Å². The van der Waals surface area contributed by atoms with Crippen LogP contribution >= 0.6 is 0 Å². The lowest BCUT2D eigenvalue weighted by Crippen LogP contribution is -2.45. The quantitative estimate of drug-likeness (QED) is 0.370. The molecule has 0 aliphatic carbocycles. The van der Waals surface area contributed by atoms with E-state index in [0.29, 0.717) is 58.3 Å². The molecular formula is C18H38N4O3. The molecule has 6 N–H and O–H groups in total. The molecule has 0 rings (SSSR count). The molecule has 0 fully saturated rings. The van der Waals surface area contributed by atoms with Gasteiger partial charge in [-0.1, -0.05) is 0 Å². The monoisotopic (exact) mass is 358 g/mol. The Bertz CT molecular complexity index is 398. The van der Waals surface area contributed by atoms with Crippen molar-refractivity contribution < 1.29 is 14.3 Å². The first-order chi connectivity index (χ1) is 11.6. The molecule has 0 atom stereocenters. The lowest BCUT2D eigenvalue weighted by atomic mass is 10.00. The summed E-state index contributed by atoms with van der Waals surface area (Å²) in [7, 11) is 0. The lowest BCUT2D eigenvalue weighted by molar-refractivity contribution is -0.123. The van der Waals surface area contributed by atoms with Crippen LogP contribution in [0.25, 0.3) is 0 Å². The largest absolute Gasteiger partial charge is 0.375 e. The van der Waals surface area contributed by atoms with Gasteiger partial charge in [-0.2, -0.15) is 0 Å². The molecule has 0 aliphatic rings. The summed E-state index contributed by atoms with van der Waals surface area (Å²) in [6.07, 6.45) is 3.77. The van der Waals surface area contributed by atoms with E-state index in [9.17, 15) is 9.59 Å². The van der Waals surface area contributed by atoms with Crippen LogP contribution in [0.2, 0.25) is 0 Å². The van der Waals surface area contributed by atoms with Crippen molar-refractivity contribution in [1.82, 2.24) is 10.6 Å². The highest BCUT2D eigenvalue weighted by Crippen LogP contribution is 2.17. The molecule has 2 amide bonds. The van der Waals surface area contributed by atoms with Crippen molar-refractivity contribution in [3.05, 3.63) is 0 Å². The van der Waals surface area contributed by atoms with Crippen molar-refractivity contribution in [3.63, 3.8) is 0 Å². The van der Waals surface area contributed by atoms with Gasteiger partial charge in [0.15, 0.2) is 0 Å². The van der Waals surface area contributed by atoms with Gasteiger partial charge in [-0.3, -0.25) is 9.59 Å². The second-order valence-corrected chi connectivity index (χ2v) is 7.67. The predicted molar refractivity (Wildman–Crippen MR) is 101 cm³/mol. The van der Waals surface area contributed by atoms with Crippen LogP contribution in [-0.2, 0) is 14.3 Å². The molecule has 0 saturated carbocycles. The van der Waals surface area contributed by atoms with E-state index >= 15 is 0 Å². The molecule has 0 aromatic rings. The van der Waals surface area contributed by atoms with Crippen molar-refractivity contribution in [2.24, 2.45) is 11.5 Å². The highest BCUT2D eigenvalue weighted by Gasteiger charge is 2.23. The minimum Gasteiger partial charge on any atom is -0.375 e. The van der Waals surface area contributed by atoms with Crippen molar-refractivity contribution in [1.29, 1.82) is 0 Å². The van der Waals surface area contributed by atoms with Crippen LogP contribution in [0, 0.1) is 0 Å². The standard InChI is InChI=1S/C18H38N4O3/c1-17(2,22-16(24)8-6-12-20)10-14-25-18(3,4)9-13-21-15(23)7-5-11-19/h5-14,19-20H2,1-4H3,(H,21,23)(H,22,24). The first kappa shape index (κ1) is 23.8. The fourth-order valence-corrected chi connectivity index (χ4v) is 2.27. The number of hydrogen-bond donors (Lipinski definition) is 4. The van der Waals surface area contributed by atoms with E-state index in [1.165, 1.54) is 0 Å². The van der Waals surface area contributed by atoms with E-state index in [0.717, 1.165) is 6.42 Å². The highest BCUT2D eigenvalue weighted by molar-refractivity contribution is 5.76. The number of hydrogen-bond acceptors (Lipinski definition) is 5. The van der Waals surface area contributed by atoms with Gasteiger partial charge in [0.05, 0.1) is 5.60 Å². The Kier molecular flexibility index (Phi) is 11.6. The Balaban J connectivity index is 4.02. The molecular weight excluding hydrogens is 320 g/mol. The van der Waals surface area contributed by atoms with Gasteiger partial charge in [0, 0.05) is 31.5 Å². The molecule has 0 heterocycles. The molecule has 0 aromatic carbocycles. The summed E-state index contributed by atoms with van der Waals surface area (Å²) in [5, 5.41) is 5.90. The third-order valence-electron chi connectivity index (χ3n) is 3.96. The van der Waals surface area contributed by atoms with Crippen molar-refractivity contribution in [2.75, 3.05) is 26.2 Å². The molecule has 0 aromatic heterocycles. The highest BCUT2D eigenvalue weighted by atomic mass is 16.5. The van der Waals surface area contributed by atoms with E-state index < -0.39 is 0 Å². The van der Waals surface area contributed by atoms with Gasteiger partial charge in [0.2, 0.25) is 11.8 Å². The van der Waals surface area contributed by atoms with Crippen LogP contribution in [0.4, 0.5) is 0 Å². The lowest BCUT2D eigenvalue weighted by Gasteiger charge is -2.30. The van der Waals surface area contributed by atoms with E-state index in [1.54, 1.807) is 0 Å². The SMILES string of the molecule is CC(C)(CCOC(C)(C)CCNC(=O)CCCN)NC(=O)CCCN. The molecule has 25 heavy (non-hydrogen) atoms. The summed E-state index contributed by atoms with van der Waals surface area (Å²) >= 11 is 0. The van der Waals surface area contributed by atoms with Gasteiger partial charge in [-0.25, -0.2) is 0 Å². The summed E-state index contributed by atoms with van der Waals surface area (Å²) < 4.78 is 5.95. The van der Waals surface area contributed by atoms with Gasteiger partial charge < -0.3 is 26.8 Å². The van der Waals surface area contributed by atoms with Crippen LogP contribution in [0.1, 0.15) is 66.2 Å². The molecule has 0 unspecified atom stereocenters. The summed E-state index contributed by atoms with van der Waals surface area (Å²) in [4.78, 5) is 23.4. The Morgan fingerprint density at radius 3 is 2.04 bits per heavy atom. The maximum absolute atomic E-state index is 11.8. The van der Waals surface area contributed by atoms with Gasteiger partial charge >= 0.3 is 0 Å². The summed E-state index contributed by atoms with van der Waals surface area (Å²) in [6, 6.07) is 0. The van der Waals surface area contributed by atoms with E-state index in [2.05, 4.69) is 10.6 Å². The Labute approximate surface area is 152 Å². The fraction of sp³-hybridized carbons (Fsp3) is 0.889. The average Bonchev–Trinajstić information content (AvgIpc) is 2.49. The zero-order chi connectivity index (χ0) is 19.3. The van der Waals surface area contributed by atoms with Crippen LogP contribution in [0.15, 0.2) is 0 Å². The normalized spacial score (nSPS) is 12.1. The molecule has 0 saturated heterocycles. The van der Waals surface area contributed by atoms with Crippen LogP contribution < -0.4 is 22.1 Å². The number of ether oxygens (including phenoxy) is 1. The third kappa shape index (κ3) is 13.8. The van der Waals surface area contributed by atoms with E-state index in [1.807, 2.05) is 27.7 Å². The summed E-state index contributed by atoms with van der Waals surface area (Å²) in [5.74, 6) is 0.0532. The van der Waals surface area contributed by atoms with Gasteiger partial charge in [-0.05, 0) is 66.5 Å². The fourth-order valence-electron chi connectivity index (χ4n) is 2.27. The molecule has 0 bridgehead atoms. The topological polar surface area (TPSA) is 119 Å². The minimum absolute atomic E-state index is 0.0231. The zero-order valence-electron chi connectivity index (χ0n) is 16.5. The number of carbonyl (C=O) groups is 2. The van der Waals surface area contributed by atoms with Crippen LogP contribution in [-0.4, -0.2) is 49.2 Å². The molecule has 0 aliphatic heterocycles. The molecule has 0 radical (unpaired) electrons. The predicted octanol–water partition coefficient (Wildman–Crippen LogP) is 1.05. The number of amides is 2. The zero-order valence-corrected chi connectivity index (χ0v) is 16.5. The molecule has 148 valence electrons. The molecule has 7 nitrogen and oxygen atoms in total. The number of nitrogens with two attached hydrogens (primary N) is 2. The number of rotatable bonds is 14. The van der Waals surface area contributed by atoms with Crippen molar-refractivity contribution in [3.8, 4) is 0 Å². The first-order valence-corrected chi connectivity index (χ1v) is 9.24. The second kappa shape index (κ2) is 12.2. The number of nitrogens with one attached hydrogen (secondary N) is 2. The molecule has 7 heteroatoms. The van der Waals surface area contributed by atoms with E-state index in [-0.39, 0.29) is 23.0 Å². The molecule has 0 spiro atoms. The second-order valence-electron chi connectivity index (χ2n) is 7.67. The smallest absolute Gasteiger partial charge is 0.220 e. The Morgan fingerprint density at radius 2 is 1.48 bits per heavy atom. The van der Waals surface area contributed by atoms with Gasteiger partial charge in [0.1, 0.15) is 0 Å². The van der Waals surface area contributed by atoms with Crippen molar-refractivity contribution >= 4 is 11.8 Å². The number of carbonyl (C=O) groups excluding carboxylic acids is 2. The van der Waals surface area contributed by atoms with Gasteiger partial charge in [-0.15, -0.1) is 0 Å². The Morgan fingerprint density at radius 1 is 0.920 bits per heavy atom. The first-order valence-electron chi connectivity index (χ1n) is 9.24. The maximum Gasteiger partial charge on any atom is 0.220 e. The average molecular weight is 359 g/mol. The summed E-state index contributed by atoms with van der Waals surface area (Å²) in [6.45, 7) is 10.2. The van der Waals surface area contributed by atoms with Gasteiger partial charge in [0.25, 0.3) is 0 Å². The summed E-state index contributed by atoms with van der Waals surface area (Å²) in [5.41, 5.74) is 10.2. The Hall–Kier alpha value is -1.18. The van der Waals surface area contributed by atoms with Crippen LogP contribution in [0.5, 0.6) is 0 Å². The third-order valence-corrected chi connectivity index (χ3v) is 3.96. The minimum atomic E-state index is -0.333. The van der Waals surface area contributed by atoms with Crippen molar-refractivity contribution in [2.45, 2.75) is 77.4 Å². The van der Waals surface area contributed by atoms with Crippen LogP contribution in [0.3, 0.4) is 0 Å².